The van der Waals surface area contributed by atoms with Gasteiger partial charge in [0, 0.05) is 26.2 Å². The van der Waals surface area contributed by atoms with Gasteiger partial charge >= 0.3 is 5.97 Å². The van der Waals surface area contributed by atoms with Crippen molar-refractivity contribution in [2.24, 2.45) is 5.92 Å². The molecule has 0 aromatic heterocycles. The van der Waals surface area contributed by atoms with Crippen LogP contribution in [0.3, 0.4) is 0 Å². The van der Waals surface area contributed by atoms with E-state index in [1.165, 1.54) is 0 Å². The van der Waals surface area contributed by atoms with Crippen molar-refractivity contribution in [3.63, 3.8) is 0 Å². The Kier molecular flexibility index (Phi) is 3.26. The van der Waals surface area contributed by atoms with Crippen LogP contribution in [0.25, 0.3) is 0 Å². The van der Waals surface area contributed by atoms with E-state index in [-0.39, 0.29) is 6.04 Å². The number of hydrogen-bond donors (Lipinski definition) is 1. The Balaban J connectivity index is 1.89. The van der Waals surface area contributed by atoms with Crippen molar-refractivity contribution in [1.82, 2.24) is 9.80 Å². The highest BCUT2D eigenvalue weighted by atomic mass is 16.4. The van der Waals surface area contributed by atoms with E-state index in [1.54, 1.807) is 0 Å². The van der Waals surface area contributed by atoms with E-state index in [9.17, 15) is 9.90 Å². The molecule has 1 atom stereocenters. The lowest BCUT2D eigenvalue weighted by Crippen LogP contribution is -2.53. The topological polar surface area (TPSA) is 43.8 Å². The van der Waals surface area contributed by atoms with Crippen LogP contribution in [0.1, 0.15) is 19.8 Å². The van der Waals surface area contributed by atoms with Crippen molar-refractivity contribution in [1.29, 1.82) is 0 Å². The Morgan fingerprint density at radius 2 is 1.93 bits per heavy atom. The van der Waals surface area contributed by atoms with E-state index in [4.69, 9.17) is 0 Å². The zero-order chi connectivity index (χ0) is 10.8. The van der Waals surface area contributed by atoms with Crippen molar-refractivity contribution in [2.75, 3.05) is 32.7 Å². The second-order valence-corrected chi connectivity index (χ2v) is 4.59. The standard InChI is InChI=1S/C11H20N2O2/c1-2-12-5-7-13(8-6-12)10(11(14)15)9-3-4-9/h9-10H,2-8H2,1H3,(H,14,15). The summed E-state index contributed by atoms with van der Waals surface area (Å²) in [5, 5.41) is 9.20. The van der Waals surface area contributed by atoms with Crippen LogP contribution in [0, 0.1) is 5.92 Å². The number of piperazine rings is 1. The second kappa shape index (κ2) is 4.49. The zero-order valence-electron chi connectivity index (χ0n) is 9.35. The SMILES string of the molecule is CCN1CCN(C(C(=O)O)C2CC2)CC1. The van der Waals surface area contributed by atoms with E-state index in [2.05, 4.69) is 16.7 Å². The molecule has 1 aliphatic heterocycles. The summed E-state index contributed by atoms with van der Waals surface area (Å²) in [5.74, 6) is -0.196. The predicted octanol–water partition coefficient (Wildman–Crippen LogP) is 0.487. The molecule has 1 heterocycles. The maximum absolute atomic E-state index is 11.2. The third-order valence-corrected chi connectivity index (χ3v) is 3.57. The average Bonchev–Trinajstić information content (AvgIpc) is 3.03. The fourth-order valence-electron chi connectivity index (χ4n) is 2.43. The number of nitrogens with zero attached hydrogens (tertiary/aromatic N) is 2. The molecule has 0 spiro atoms. The van der Waals surface area contributed by atoms with Gasteiger partial charge in [0.1, 0.15) is 6.04 Å². The molecule has 0 bridgehead atoms. The molecule has 2 rings (SSSR count). The highest BCUT2D eigenvalue weighted by molar-refractivity contribution is 5.74. The quantitative estimate of drug-likeness (QED) is 0.736. The number of rotatable bonds is 4. The van der Waals surface area contributed by atoms with Gasteiger partial charge in [-0.2, -0.15) is 0 Å². The van der Waals surface area contributed by atoms with E-state index in [0.717, 1.165) is 45.6 Å². The maximum Gasteiger partial charge on any atom is 0.321 e. The molecular formula is C11H20N2O2. The Morgan fingerprint density at radius 3 is 2.33 bits per heavy atom. The first kappa shape index (κ1) is 10.9. The van der Waals surface area contributed by atoms with Gasteiger partial charge in [-0.15, -0.1) is 0 Å². The summed E-state index contributed by atoms with van der Waals surface area (Å²) in [4.78, 5) is 15.7. The number of aliphatic carboxylic acids is 1. The van der Waals surface area contributed by atoms with E-state index in [1.807, 2.05) is 0 Å². The molecule has 4 heteroatoms. The lowest BCUT2D eigenvalue weighted by atomic mass is 10.1. The highest BCUT2D eigenvalue weighted by Gasteiger charge is 2.40. The molecule has 15 heavy (non-hydrogen) atoms. The predicted molar refractivity (Wildman–Crippen MR) is 57.8 cm³/mol. The van der Waals surface area contributed by atoms with Gasteiger partial charge in [-0.05, 0) is 25.3 Å². The third kappa shape index (κ3) is 2.49. The first-order valence-electron chi connectivity index (χ1n) is 5.91. The number of hydrogen-bond acceptors (Lipinski definition) is 3. The summed E-state index contributed by atoms with van der Waals surface area (Å²) in [6.45, 7) is 7.11. The Labute approximate surface area is 90.9 Å². The van der Waals surface area contributed by atoms with Gasteiger partial charge in [0.05, 0.1) is 0 Å². The Hall–Kier alpha value is -0.610. The van der Waals surface area contributed by atoms with Crippen LogP contribution in [0.5, 0.6) is 0 Å². The van der Waals surface area contributed by atoms with Gasteiger partial charge in [-0.25, -0.2) is 0 Å². The maximum atomic E-state index is 11.2. The minimum atomic E-state index is -0.623. The molecular weight excluding hydrogens is 192 g/mol. The number of likely N-dealkylation sites (N-methyl/N-ethyl adjacent to an activating group) is 1. The van der Waals surface area contributed by atoms with Crippen molar-refractivity contribution in [3.8, 4) is 0 Å². The summed E-state index contributed by atoms with van der Waals surface area (Å²) in [7, 11) is 0. The minimum absolute atomic E-state index is 0.205. The lowest BCUT2D eigenvalue weighted by molar-refractivity contribution is -0.145. The summed E-state index contributed by atoms with van der Waals surface area (Å²) in [6.07, 6.45) is 2.20. The molecule has 1 N–H and O–H groups in total. The molecule has 0 aromatic rings. The molecule has 0 aromatic carbocycles. The fourth-order valence-corrected chi connectivity index (χ4v) is 2.43. The molecule has 1 saturated heterocycles. The van der Waals surface area contributed by atoms with Crippen LogP contribution in [-0.2, 0) is 4.79 Å². The smallest absolute Gasteiger partial charge is 0.321 e. The van der Waals surface area contributed by atoms with Crippen LogP contribution in [-0.4, -0.2) is 59.6 Å². The largest absolute Gasteiger partial charge is 0.480 e. The summed E-state index contributed by atoms with van der Waals surface area (Å²) < 4.78 is 0. The van der Waals surface area contributed by atoms with Gasteiger partial charge < -0.3 is 10.0 Å². The monoisotopic (exact) mass is 212 g/mol. The van der Waals surface area contributed by atoms with Gasteiger partial charge in [-0.1, -0.05) is 6.92 Å². The first-order chi connectivity index (χ1) is 7.22. The fraction of sp³-hybridized carbons (Fsp3) is 0.909. The van der Waals surface area contributed by atoms with Crippen LogP contribution < -0.4 is 0 Å². The van der Waals surface area contributed by atoms with Crippen LogP contribution in [0.2, 0.25) is 0 Å². The normalized spacial score (nSPS) is 26.5. The molecule has 1 aliphatic carbocycles. The molecule has 1 unspecified atom stereocenters. The van der Waals surface area contributed by atoms with Crippen LogP contribution in [0.15, 0.2) is 0 Å². The van der Waals surface area contributed by atoms with E-state index >= 15 is 0 Å². The van der Waals surface area contributed by atoms with Crippen molar-refractivity contribution < 1.29 is 9.90 Å². The van der Waals surface area contributed by atoms with Crippen LogP contribution in [0.4, 0.5) is 0 Å². The summed E-state index contributed by atoms with van der Waals surface area (Å²) >= 11 is 0. The van der Waals surface area contributed by atoms with Crippen LogP contribution >= 0.6 is 0 Å². The first-order valence-corrected chi connectivity index (χ1v) is 5.91. The third-order valence-electron chi connectivity index (χ3n) is 3.57. The highest BCUT2D eigenvalue weighted by Crippen LogP contribution is 2.35. The molecule has 2 fully saturated rings. The lowest BCUT2D eigenvalue weighted by Gasteiger charge is -2.37. The van der Waals surface area contributed by atoms with Crippen molar-refractivity contribution >= 4 is 5.97 Å². The average molecular weight is 212 g/mol. The second-order valence-electron chi connectivity index (χ2n) is 4.59. The number of carbonyl (C=O) groups is 1. The molecule has 86 valence electrons. The Bertz CT molecular complexity index is 233. The van der Waals surface area contributed by atoms with Crippen molar-refractivity contribution in [3.05, 3.63) is 0 Å². The van der Waals surface area contributed by atoms with Gasteiger partial charge in [0.25, 0.3) is 0 Å². The number of carboxylic acid groups (broad SMARTS) is 1. The Morgan fingerprint density at radius 1 is 1.33 bits per heavy atom. The zero-order valence-corrected chi connectivity index (χ0v) is 9.35. The molecule has 1 saturated carbocycles. The van der Waals surface area contributed by atoms with Gasteiger partial charge in [0.15, 0.2) is 0 Å². The van der Waals surface area contributed by atoms with E-state index in [0.29, 0.717) is 5.92 Å². The summed E-state index contributed by atoms with van der Waals surface area (Å²) in [6, 6.07) is -0.205. The van der Waals surface area contributed by atoms with Crippen molar-refractivity contribution in [2.45, 2.75) is 25.8 Å². The summed E-state index contributed by atoms with van der Waals surface area (Å²) in [5.41, 5.74) is 0. The van der Waals surface area contributed by atoms with E-state index < -0.39 is 5.97 Å². The van der Waals surface area contributed by atoms with Gasteiger partial charge in [0.2, 0.25) is 0 Å². The molecule has 2 aliphatic rings. The van der Waals surface area contributed by atoms with Gasteiger partial charge in [-0.3, -0.25) is 9.69 Å². The molecule has 0 amide bonds. The number of carboxylic acids is 1. The molecule has 0 radical (unpaired) electrons. The minimum Gasteiger partial charge on any atom is -0.480 e. The molecule has 4 nitrogen and oxygen atoms in total.